The Kier molecular flexibility index (Phi) is 7.99. The van der Waals surface area contributed by atoms with Crippen molar-refractivity contribution in [2.45, 2.75) is 32.1 Å². The van der Waals surface area contributed by atoms with Crippen molar-refractivity contribution in [3.8, 4) is 5.75 Å². The summed E-state index contributed by atoms with van der Waals surface area (Å²) in [7, 11) is 0. The average Bonchev–Trinajstić information content (AvgIpc) is 2.63. The maximum Gasteiger partial charge on any atom is 0.224 e. The van der Waals surface area contributed by atoms with Crippen molar-refractivity contribution in [1.82, 2.24) is 5.32 Å². The molecule has 1 unspecified atom stereocenters. The second-order valence-corrected chi connectivity index (χ2v) is 6.01. The quantitative estimate of drug-likeness (QED) is 0.697. The summed E-state index contributed by atoms with van der Waals surface area (Å²) >= 11 is 0. The predicted octanol–water partition coefficient (Wildman–Crippen LogP) is 3.30. The zero-order valence-corrected chi connectivity index (χ0v) is 14.8. The van der Waals surface area contributed by atoms with Crippen LogP contribution < -0.4 is 10.1 Å². The van der Waals surface area contributed by atoms with Crippen molar-refractivity contribution in [3.05, 3.63) is 65.7 Å². The summed E-state index contributed by atoms with van der Waals surface area (Å²) in [6.45, 7) is 3.34. The van der Waals surface area contributed by atoms with E-state index in [0.29, 0.717) is 26.0 Å². The van der Waals surface area contributed by atoms with Crippen LogP contribution in [0.4, 0.5) is 0 Å². The van der Waals surface area contributed by atoms with Gasteiger partial charge in [-0.2, -0.15) is 0 Å². The topological polar surface area (TPSA) is 58.6 Å². The Morgan fingerprint density at radius 1 is 1.08 bits per heavy atom. The summed E-state index contributed by atoms with van der Waals surface area (Å²) in [6, 6.07) is 17.8. The zero-order valence-electron chi connectivity index (χ0n) is 14.8. The van der Waals surface area contributed by atoms with Crippen LogP contribution in [0.15, 0.2) is 54.6 Å². The molecule has 2 rings (SSSR count). The normalized spacial score (nSPS) is 11.8. The van der Waals surface area contributed by atoms with E-state index in [2.05, 4.69) is 17.4 Å². The van der Waals surface area contributed by atoms with Gasteiger partial charge in [-0.25, -0.2) is 0 Å². The van der Waals surface area contributed by atoms with Crippen LogP contribution in [0.1, 0.15) is 36.8 Å². The first kappa shape index (κ1) is 19.0. The van der Waals surface area contributed by atoms with Crippen LogP contribution in [0.5, 0.6) is 5.75 Å². The summed E-state index contributed by atoms with van der Waals surface area (Å²) in [4.78, 5) is 12.1. The van der Waals surface area contributed by atoms with Crippen LogP contribution in [0, 0.1) is 0 Å². The molecular weight excluding hydrogens is 314 g/mol. The third-order valence-corrected chi connectivity index (χ3v) is 4.16. The molecule has 1 atom stereocenters. The minimum absolute atomic E-state index is 0.0139. The molecule has 1 amide bonds. The minimum atomic E-state index is 0.0139. The van der Waals surface area contributed by atoms with Crippen LogP contribution in [0.25, 0.3) is 0 Å². The lowest BCUT2D eigenvalue weighted by Crippen LogP contribution is -2.27. The standard InChI is InChI=1S/C21H27NO3/c1-2-25-20-10-8-17(9-11-20)16-21(24)22-14-12-19(13-15-23)18-6-4-3-5-7-18/h3-11,19,23H,2,12-16H2,1H3,(H,22,24). The Labute approximate surface area is 149 Å². The van der Waals surface area contributed by atoms with Crippen molar-refractivity contribution >= 4 is 5.91 Å². The monoisotopic (exact) mass is 341 g/mol. The number of hydrogen-bond acceptors (Lipinski definition) is 3. The third-order valence-electron chi connectivity index (χ3n) is 4.16. The highest BCUT2D eigenvalue weighted by atomic mass is 16.5. The number of amides is 1. The third kappa shape index (κ3) is 6.59. The molecule has 2 aromatic carbocycles. The molecule has 0 aliphatic rings. The van der Waals surface area contributed by atoms with E-state index in [0.717, 1.165) is 17.7 Å². The number of nitrogens with one attached hydrogen (secondary N) is 1. The number of carbonyl (C=O) groups excluding carboxylic acids is 1. The highest BCUT2D eigenvalue weighted by Crippen LogP contribution is 2.22. The van der Waals surface area contributed by atoms with Gasteiger partial charge in [-0.3, -0.25) is 4.79 Å². The van der Waals surface area contributed by atoms with Gasteiger partial charge in [-0.1, -0.05) is 42.5 Å². The second kappa shape index (κ2) is 10.5. The highest BCUT2D eigenvalue weighted by molar-refractivity contribution is 5.78. The fourth-order valence-electron chi connectivity index (χ4n) is 2.86. The minimum Gasteiger partial charge on any atom is -0.494 e. The van der Waals surface area contributed by atoms with Gasteiger partial charge in [0.15, 0.2) is 0 Å². The first-order valence-electron chi connectivity index (χ1n) is 8.87. The van der Waals surface area contributed by atoms with E-state index >= 15 is 0 Å². The molecule has 2 aromatic rings. The predicted molar refractivity (Wildman–Crippen MR) is 99.8 cm³/mol. The molecule has 25 heavy (non-hydrogen) atoms. The van der Waals surface area contributed by atoms with E-state index in [9.17, 15) is 9.90 Å². The number of hydrogen-bond donors (Lipinski definition) is 2. The van der Waals surface area contributed by atoms with Crippen molar-refractivity contribution < 1.29 is 14.6 Å². The van der Waals surface area contributed by atoms with Crippen LogP contribution in [-0.2, 0) is 11.2 Å². The van der Waals surface area contributed by atoms with Gasteiger partial charge in [0.05, 0.1) is 13.0 Å². The van der Waals surface area contributed by atoms with Crippen LogP contribution in [-0.4, -0.2) is 30.8 Å². The average molecular weight is 341 g/mol. The molecule has 0 fully saturated rings. The highest BCUT2D eigenvalue weighted by Gasteiger charge is 2.11. The van der Waals surface area contributed by atoms with Crippen molar-refractivity contribution in [2.24, 2.45) is 0 Å². The van der Waals surface area contributed by atoms with Gasteiger partial charge in [0.2, 0.25) is 5.91 Å². The van der Waals surface area contributed by atoms with Gasteiger partial charge in [-0.15, -0.1) is 0 Å². The number of benzene rings is 2. The number of aliphatic hydroxyl groups is 1. The van der Waals surface area contributed by atoms with Crippen molar-refractivity contribution in [2.75, 3.05) is 19.8 Å². The van der Waals surface area contributed by atoms with Gasteiger partial charge >= 0.3 is 0 Å². The summed E-state index contributed by atoms with van der Waals surface area (Å²) in [5.74, 6) is 1.10. The van der Waals surface area contributed by atoms with Gasteiger partial charge in [0.25, 0.3) is 0 Å². The Bertz CT molecular complexity index is 625. The van der Waals surface area contributed by atoms with E-state index in [-0.39, 0.29) is 18.4 Å². The molecule has 0 aliphatic carbocycles. The van der Waals surface area contributed by atoms with Crippen LogP contribution in [0.2, 0.25) is 0 Å². The molecule has 0 saturated carbocycles. The van der Waals surface area contributed by atoms with E-state index in [4.69, 9.17) is 4.74 Å². The smallest absolute Gasteiger partial charge is 0.224 e. The fourth-order valence-corrected chi connectivity index (χ4v) is 2.86. The molecule has 4 heteroatoms. The lowest BCUT2D eigenvalue weighted by atomic mass is 9.93. The number of carbonyl (C=O) groups is 1. The lowest BCUT2D eigenvalue weighted by molar-refractivity contribution is -0.120. The van der Waals surface area contributed by atoms with Crippen molar-refractivity contribution in [1.29, 1.82) is 0 Å². The number of rotatable bonds is 10. The molecule has 0 saturated heterocycles. The summed E-state index contributed by atoms with van der Waals surface area (Å²) < 4.78 is 5.40. The van der Waals surface area contributed by atoms with Crippen molar-refractivity contribution in [3.63, 3.8) is 0 Å². The molecule has 134 valence electrons. The first-order valence-corrected chi connectivity index (χ1v) is 8.87. The van der Waals surface area contributed by atoms with E-state index in [1.165, 1.54) is 5.56 Å². The number of aliphatic hydroxyl groups excluding tert-OH is 1. The van der Waals surface area contributed by atoms with Gasteiger partial charge in [0.1, 0.15) is 5.75 Å². The molecule has 4 nitrogen and oxygen atoms in total. The molecule has 0 heterocycles. The van der Waals surface area contributed by atoms with E-state index in [1.807, 2.05) is 49.4 Å². The van der Waals surface area contributed by atoms with Crippen LogP contribution >= 0.6 is 0 Å². The van der Waals surface area contributed by atoms with Gasteiger partial charge in [-0.05, 0) is 48.9 Å². The Balaban J connectivity index is 1.78. The molecule has 0 aliphatic heterocycles. The molecular formula is C21H27NO3. The molecule has 0 radical (unpaired) electrons. The largest absolute Gasteiger partial charge is 0.494 e. The summed E-state index contributed by atoms with van der Waals surface area (Å²) in [5, 5.41) is 12.2. The molecule has 0 bridgehead atoms. The Morgan fingerprint density at radius 3 is 2.44 bits per heavy atom. The molecule has 0 spiro atoms. The lowest BCUT2D eigenvalue weighted by Gasteiger charge is -2.16. The maximum atomic E-state index is 12.1. The van der Waals surface area contributed by atoms with Crippen LogP contribution in [0.3, 0.4) is 0 Å². The molecule has 2 N–H and O–H groups in total. The molecule has 0 aromatic heterocycles. The Hall–Kier alpha value is -2.33. The van der Waals surface area contributed by atoms with Gasteiger partial charge < -0.3 is 15.2 Å². The van der Waals surface area contributed by atoms with E-state index in [1.54, 1.807) is 0 Å². The summed E-state index contributed by atoms with van der Waals surface area (Å²) in [6.07, 6.45) is 1.89. The second-order valence-electron chi connectivity index (χ2n) is 6.01. The van der Waals surface area contributed by atoms with Gasteiger partial charge in [0, 0.05) is 13.2 Å². The zero-order chi connectivity index (χ0) is 17.9. The SMILES string of the molecule is CCOc1ccc(CC(=O)NCCC(CCO)c2ccccc2)cc1. The Morgan fingerprint density at radius 2 is 1.80 bits per heavy atom. The fraction of sp³-hybridized carbons (Fsp3) is 0.381. The summed E-state index contributed by atoms with van der Waals surface area (Å²) in [5.41, 5.74) is 2.17. The maximum absolute atomic E-state index is 12.1. The first-order chi connectivity index (χ1) is 12.2. The van der Waals surface area contributed by atoms with E-state index < -0.39 is 0 Å². The number of ether oxygens (including phenoxy) is 1.